The molecule has 2 aromatic rings. The Balaban J connectivity index is 1.85. The van der Waals surface area contributed by atoms with Crippen molar-refractivity contribution in [3.05, 3.63) is 41.7 Å². The van der Waals surface area contributed by atoms with E-state index in [-0.39, 0.29) is 0 Å². The molecule has 3 rings (SSSR count). The number of likely N-dealkylation sites (tertiary alicyclic amines) is 1. The van der Waals surface area contributed by atoms with Crippen molar-refractivity contribution in [1.29, 1.82) is 0 Å². The monoisotopic (exact) mass is 396 g/mol. The summed E-state index contributed by atoms with van der Waals surface area (Å²) in [5.74, 6) is -0.135. The molecule has 5 N–H and O–H groups in total. The van der Waals surface area contributed by atoms with Gasteiger partial charge in [-0.2, -0.15) is 0 Å². The van der Waals surface area contributed by atoms with E-state index in [1.165, 1.54) is 6.20 Å². The van der Waals surface area contributed by atoms with Crippen molar-refractivity contribution in [3.63, 3.8) is 0 Å². The van der Waals surface area contributed by atoms with E-state index in [9.17, 15) is 9.59 Å². The molecule has 154 valence electrons. The third-order valence-electron chi connectivity index (χ3n) is 5.70. The number of hydrogen-bond donors (Lipinski definition) is 3. The second-order valence-corrected chi connectivity index (χ2v) is 7.88. The Labute approximate surface area is 170 Å². The summed E-state index contributed by atoms with van der Waals surface area (Å²) in [6.07, 6.45) is 5.51. The van der Waals surface area contributed by atoms with Crippen molar-refractivity contribution in [3.8, 4) is 0 Å². The summed E-state index contributed by atoms with van der Waals surface area (Å²) in [7, 11) is 0. The SMILES string of the molecule is CCc1cc(NC(=O)C(=O)N2C[C@@H](C)CC[C@@]2(C)c2ccc(N)nc2)cnc1N. The zero-order chi connectivity index (χ0) is 21.2. The number of carbonyl (C=O) groups is 2. The lowest BCUT2D eigenvalue weighted by molar-refractivity contribution is -0.150. The van der Waals surface area contributed by atoms with Crippen LogP contribution in [0.25, 0.3) is 0 Å². The van der Waals surface area contributed by atoms with Gasteiger partial charge in [0.05, 0.1) is 17.4 Å². The molecular weight excluding hydrogens is 368 g/mol. The highest BCUT2D eigenvalue weighted by molar-refractivity contribution is 6.39. The average molecular weight is 396 g/mol. The topological polar surface area (TPSA) is 127 Å². The molecule has 8 heteroatoms. The van der Waals surface area contributed by atoms with Crippen LogP contribution in [0.2, 0.25) is 0 Å². The molecule has 2 aromatic heterocycles. The molecule has 1 aliphatic rings. The van der Waals surface area contributed by atoms with Gasteiger partial charge in [0.25, 0.3) is 0 Å². The maximum Gasteiger partial charge on any atom is 0.313 e. The van der Waals surface area contributed by atoms with Crippen LogP contribution < -0.4 is 16.8 Å². The van der Waals surface area contributed by atoms with Gasteiger partial charge in [-0.1, -0.05) is 19.9 Å². The molecule has 1 saturated heterocycles. The molecule has 3 heterocycles. The van der Waals surface area contributed by atoms with Crippen molar-refractivity contribution in [2.75, 3.05) is 23.3 Å². The summed E-state index contributed by atoms with van der Waals surface area (Å²) in [5, 5.41) is 2.67. The Morgan fingerprint density at radius 2 is 2.03 bits per heavy atom. The zero-order valence-electron chi connectivity index (χ0n) is 17.1. The molecule has 8 nitrogen and oxygen atoms in total. The lowest BCUT2D eigenvalue weighted by Crippen LogP contribution is -2.55. The Morgan fingerprint density at radius 1 is 1.28 bits per heavy atom. The molecule has 0 aromatic carbocycles. The number of rotatable bonds is 3. The number of hydrogen-bond acceptors (Lipinski definition) is 6. The molecule has 1 fully saturated rings. The Morgan fingerprint density at radius 3 is 2.69 bits per heavy atom. The smallest absolute Gasteiger partial charge is 0.313 e. The normalized spacial score (nSPS) is 21.6. The summed E-state index contributed by atoms with van der Waals surface area (Å²) in [6.45, 7) is 6.49. The minimum absolute atomic E-state index is 0.298. The van der Waals surface area contributed by atoms with Crippen LogP contribution in [0.5, 0.6) is 0 Å². The van der Waals surface area contributed by atoms with E-state index in [1.807, 2.05) is 19.9 Å². The fourth-order valence-electron chi connectivity index (χ4n) is 3.78. The van der Waals surface area contributed by atoms with E-state index in [0.29, 0.717) is 36.2 Å². The average Bonchev–Trinajstić information content (AvgIpc) is 2.71. The van der Waals surface area contributed by atoms with E-state index in [2.05, 4.69) is 22.2 Å². The predicted molar refractivity (Wildman–Crippen MR) is 113 cm³/mol. The van der Waals surface area contributed by atoms with Crippen LogP contribution in [0, 0.1) is 5.92 Å². The van der Waals surface area contributed by atoms with E-state index in [4.69, 9.17) is 11.5 Å². The fraction of sp³-hybridized carbons (Fsp3) is 0.429. The van der Waals surface area contributed by atoms with Crippen LogP contribution in [0.3, 0.4) is 0 Å². The molecule has 0 spiro atoms. The number of carbonyl (C=O) groups excluding carboxylic acids is 2. The Hall–Kier alpha value is -3.16. The fourth-order valence-corrected chi connectivity index (χ4v) is 3.78. The highest BCUT2D eigenvalue weighted by Gasteiger charge is 2.43. The highest BCUT2D eigenvalue weighted by atomic mass is 16.2. The summed E-state index contributed by atoms with van der Waals surface area (Å²) in [5.41, 5.74) is 13.0. The van der Waals surface area contributed by atoms with Gasteiger partial charge in [-0.05, 0) is 55.4 Å². The van der Waals surface area contributed by atoms with Gasteiger partial charge in [0.1, 0.15) is 11.6 Å². The van der Waals surface area contributed by atoms with Crippen molar-refractivity contribution < 1.29 is 9.59 Å². The molecule has 0 aliphatic carbocycles. The van der Waals surface area contributed by atoms with E-state index < -0.39 is 17.4 Å². The first-order valence-corrected chi connectivity index (χ1v) is 9.84. The third-order valence-corrected chi connectivity index (χ3v) is 5.70. The number of pyridine rings is 2. The van der Waals surface area contributed by atoms with Crippen LogP contribution in [-0.2, 0) is 21.5 Å². The second-order valence-electron chi connectivity index (χ2n) is 7.88. The first kappa shape index (κ1) is 20.6. The van der Waals surface area contributed by atoms with Gasteiger partial charge >= 0.3 is 11.8 Å². The summed E-state index contributed by atoms with van der Waals surface area (Å²) in [6, 6.07) is 5.33. The van der Waals surface area contributed by atoms with Crippen molar-refractivity contribution in [2.45, 2.75) is 45.6 Å². The summed E-state index contributed by atoms with van der Waals surface area (Å²) >= 11 is 0. The number of amides is 2. The number of aromatic nitrogens is 2. The molecule has 0 radical (unpaired) electrons. The van der Waals surface area contributed by atoms with Gasteiger partial charge in [0.2, 0.25) is 0 Å². The summed E-state index contributed by atoms with van der Waals surface area (Å²) < 4.78 is 0. The molecular formula is C21H28N6O2. The first-order chi connectivity index (χ1) is 13.7. The quantitative estimate of drug-likeness (QED) is 0.683. The van der Waals surface area contributed by atoms with Crippen LogP contribution in [0.4, 0.5) is 17.3 Å². The van der Waals surface area contributed by atoms with Crippen LogP contribution in [-0.4, -0.2) is 33.2 Å². The number of anilines is 3. The Bertz CT molecular complexity index is 914. The number of nitrogen functional groups attached to an aromatic ring is 2. The Kier molecular flexibility index (Phi) is 5.72. The lowest BCUT2D eigenvalue weighted by Gasteiger charge is -2.46. The van der Waals surface area contributed by atoms with E-state index >= 15 is 0 Å². The molecule has 1 aliphatic heterocycles. The van der Waals surface area contributed by atoms with Gasteiger partial charge < -0.3 is 21.7 Å². The minimum Gasteiger partial charge on any atom is -0.384 e. The van der Waals surface area contributed by atoms with Crippen molar-refractivity contribution in [1.82, 2.24) is 14.9 Å². The van der Waals surface area contributed by atoms with Gasteiger partial charge in [0, 0.05) is 12.7 Å². The number of piperidine rings is 1. The first-order valence-electron chi connectivity index (χ1n) is 9.84. The largest absolute Gasteiger partial charge is 0.384 e. The maximum absolute atomic E-state index is 13.1. The maximum atomic E-state index is 13.1. The molecule has 2 atom stereocenters. The minimum atomic E-state index is -0.692. The van der Waals surface area contributed by atoms with Gasteiger partial charge in [-0.25, -0.2) is 9.97 Å². The third kappa shape index (κ3) is 4.16. The predicted octanol–water partition coefficient (Wildman–Crippen LogP) is 2.32. The van der Waals surface area contributed by atoms with Gasteiger partial charge in [0.15, 0.2) is 0 Å². The number of aryl methyl sites for hydroxylation is 1. The van der Waals surface area contributed by atoms with E-state index in [0.717, 1.165) is 24.0 Å². The van der Waals surface area contributed by atoms with Gasteiger partial charge in [-0.15, -0.1) is 0 Å². The number of nitrogens with two attached hydrogens (primary N) is 2. The molecule has 0 saturated carbocycles. The number of nitrogens with one attached hydrogen (secondary N) is 1. The van der Waals surface area contributed by atoms with Crippen molar-refractivity contribution >= 4 is 29.1 Å². The molecule has 2 amide bonds. The van der Waals surface area contributed by atoms with Crippen LogP contribution in [0.15, 0.2) is 30.6 Å². The molecule has 29 heavy (non-hydrogen) atoms. The van der Waals surface area contributed by atoms with Crippen LogP contribution in [0.1, 0.15) is 44.7 Å². The highest BCUT2D eigenvalue weighted by Crippen LogP contribution is 2.39. The van der Waals surface area contributed by atoms with Crippen molar-refractivity contribution in [2.24, 2.45) is 5.92 Å². The standard InChI is InChI=1S/C21H28N6O2/c1-4-14-9-16(11-25-18(14)23)26-19(28)20(29)27-12-13(2)7-8-21(27,3)15-5-6-17(22)24-10-15/h5-6,9-11,13H,4,7-8,12H2,1-3H3,(H2,22,24)(H2,23,25)(H,26,28)/t13-,21-/m0/s1. The second kappa shape index (κ2) is 8.06. The molecule has 0 bridgehead atoms. The lowest BCUT2D eigenvalue weighted by atomic mass is 9.79. The number of nitrogens with zero attached hydrogens (tertiary/aromatic N) is 3. The van der Waals surface area contributed by atoms with E-state index in [1.54, 1.807) is 23.2 Å². The van der Waals surface area contributed by atoms with Gasteiger partial charge in [-0.3, -0.25) is 9.59 Å². The van der Waals surface area contributed by atoms with Crippen LogP contribution >= 0.6 is 0 Å². The molecule has 0 unspecified atom stereocenters. The summed E-state index contributed by atoms with van der Waals surface area (Å²) in [4.78, 5) is 35.8. The zero-order valence-corrected chi connectivity index (χ0v) is 17.1.